The highest BCUT2D eigenvalue weighted by atomic mass is 32.2. The van der Waals surface area contributed by atoms with Gasteiger partial charge in [-0.05, 0) is 42.6 Å². The van der Waals surface area contributed by atoms with E-state index < -0.39 is 29.9 Å². The molecule has 20 nitrogen and oxygen atoms in total. The summed E-state index contributed by atoms with van der Waals surface area (Å²) in [6.45, 7) is 11.2. The van der Waals surface area contributed by atoms with Crippen LogP contribution in [0.3, 0.4) is 0 Å². The summed E-state index contributed by atoms with van der Waals surface area (Å²) in [7, 11) is 0. The van der Waals surface area contributed by atoms with Crippen LogP contribution >= 0.6 is 23.5 Å². The molecule has 0 aromatic carbocycles. The molecule has 22 heteroatoms. The molecule has 0 aromatic rings. The topological polar surface area (TPSA) is 286 Å². The van der Waals surface area contributed by atoms with Crippen LogP contribution < -0.4 is 31.9 Å². The number of nitrogens with one attached hydrogen (secondary N) is 6. The normalized spacial score (nSPS) is 12.0. The van der Waals surface area contributed by atoms with Gasteiger partial charge in [-0.15, -0.1) is 23.5 Å². The third-order valence-electron chi connectivity index (χ3n) is 7.99. The standard InChI is InChI=1S/C39H70N6O14S2/c1-28(2)60-26-35(49)41-15-7-9-30(44-36(50)27-61-29(3)4)38(53)43-17-21-59-25-23-57-19-13-33(47)42-16-20-58-24-22-56-18-12-32(46)40-14-6-5-8-31(39(54)55)45-34(48)10-11-37(51)52/h28-31H,5-27H2,1-4H3,(H,40,46)(H,41,49)(H,42,47)(H,43,53)(H,44,50)(H,45,48)(H,51,52)(H,54,55)/t30-,31-/m0/s1. The maximum Gasteiger partial charge on any atom is 0.326 e. The van der Waals surface area contributed by atoms with Gasteiger partial charge in [0.05, 0.1) is 70.8 Å². The van der Waals surface area contributed by atoms with E-state index in [0.29, 0.717) is 56.3 Å². The summed E-state index contributed by atoms with van der Waals surface area (Å²) in [6, 6.07) is -1.86. The number of carboxylic acids is 2. The predicted molar refractivity (Wildman–Crippen MR) is 231 cm³/mol. The number of amides is 6. The monoisotopic (exact) mass is 910 g/mol. The van der Waals surface area contributed by atoms with Crippen LogP contribution in [-0.2, 0) is 57.3 Å². The first kappa shape index (κ1) is 57.3. The molecule has 6 amide bonds. The highest BCUT2D eigenvalue weighted by molar-refractivity contribution is 8.00. The summed E-state index contributed by atoms with van der Waals surface area (Å²) >= 11 is 3.04. The smallest absolute Gasteiger partial charge is 0.326 e. The molecule has 0 bridgehead atoms. The van der Waals surface area contributed by atoms with Gasteiger partial charge in [0.1, 0.15) is 12.1 Å². The minimum atomic E-state index is -1.21. The molecule has 0 aliphatic rings. The number of hydrogen-bond donors (Lipinski definition) is 8. The Morgan fingerprint density at radius 2 is 0.918 bits per heavy atom. The van der Waals surface area contributed by atoms with E-state index in [-0.39, 0.29) is 132 Å². The molecule has 61 heavy (non-hydrogen) atoms. The Hall–Kier alpha value is -3.70. The van der Waals surface area contributed by atoms with Crippen LogP contribution in [0.1, 0.15) is 85.5 Å². The van der Waals surface area contributed by atoms with Crippen LogP contribution in [0.25, 0.3) is 0 Å². The average molecular weight is 911 g/mol. The Labute approximate surface area is 367 Å². The Bertz CT molecular complexity index is 1300. The van der Waals surface area contributed by atoms with E-state index in [1.807, 2.05) is 27.7 Å². The molecule has 0 spiro atoms. The molecule has 0 heterocycles. The molecule has 0 aliphatic heterocycles. The zero-order valence-corrected chi connectivity index (χ0v) is 37.8. The minimum absolute atomic E-state index is 0.0608. The zero-order valence-electron chi connectivity index (χ0n) is 36.2. The van der Waals surface area contributed by atoms with Gasteiger partial charge in [-0.2, -0.15) is 0 Å². The molecule has 0 unspecified atom stereocenters. The average Bonchev–Trinajstić information content (AvgIpc) is 3.20. The SMILES string of the molecule is CC(C)SCC(=O)NCCC[C@H](NC(=O)CSC(C)C)C(=O)NCCOCCOCCC(=O)NCCOCCOCCC(=O)NCCCC[C@H](NC(=O)CCC(=O)O)C(=O)O. The lowest BCUT2D eigenvalue weighted by Crippen LogP contribution is -2.48. The molecule has 0 fully saturated rings. The van der Waals surface area contributed by atoms with E-state index >= 15 is 0 Å². The van der Waals surface area contributed by atoms with Gasteiger partial charge in [0.2, 0.25) is 35.4 Å². The molecule has 2 atom stereocenters. The highest BCUT2D eigenvalue weighted by Gasteiger charge is 2.21. The fraction of sp³-hybridized carbons (Fsp3) is 0.795. The van der Waals surface area contributed by atoms with Crippen LogP contribution in [0.4, 0.5) is 0 Å². The van der Waals surface area contributed by atoms with Crippen molar-refractivity contribution in [3.63, 3.8) is 0 Å². The lowest BCUT2D eigenvalue weighted by molar-refractivity contribution is -0.142. The van der Waals surface area contributed by atoms with Crippen molar-refractivity contribution in [3.8, 4) is 0 Å². The summed E-state index contributed by atoms with van der Waals surface area (Å²) in [5, 5.41) is 34.7. The Kier molecular flexibility index (Phi) is 35.7. The lowest BCUT2D eigenvalue weighted by atomic mass is 10.1. The van der Waals surface area contributed by atoms with Gasteiger partial charge in [-0.25, -0.2) is 4.79 Å². The van der Waals surface area contributed by atoms with E-state index in [9.17, 15) is 43.5 Å². The van der Waals surface area contributed by atoms with Crippen LogP contribution in [0.5, 0.6) is 0 Å². The fourth-order valence-electron chi connectivity index (χ4n) is 4.80. The van der Waals surface area contributed by atoms with E-state index in [1.165, 1.54) is 11.8 Å². The number of carbonyl (C=O) groups is 8. The number of carboxylic acid groups (broad SMARTS) is 2. The highest BCUT2D eigenvalue weighted by Crippen LogP contribution is 2.10. The fourth-order valence-corrected chi connectivity index (χ4v) is 5.96. The van der Waals surface area contributed by atoms with E-state index in [0.717, 1.165) is 0 Å². The van der Waals surface area contributed by atoms with E-state index in [2.05, 4.69) is 31.9 Å². The number of thioether (sulfide) groups is 2. The van der Waals surface area contributed by atoms with Crippen LogP contribution in [0.2, 0.25) is 0 Å². The number of carbonyl (C=O) groups excluding carboxylic acids is 6. The van der Waals surface area contributed by atoms with Gasteiger partial charge in [0.15, 0.2) is 0 Å². The summed E-state index contributed by atoms with van der Waals surface area (Å²) in [5.74, 6) is -3.43. The first-order chi connectivity index (χ1) is 29.1. The Morgan fingerprint density at radius 1 is 0.459 bits per heavy atom. The molecule has 0 rings (SSSR count). The Balaban J connectivity index is 3.91. The van der Waals surface area contributed by atoms with Crippen molar-refractivity contribution in [2.75, 3.05) is 90.5 Å². The number of rotatable bonds is 40. The van der Waals surface area contributed by atoms with E-state index in [1.54, 1.807) is 11.8 Å². The predicted octanol–water partition coefficient (Wildman–Crippen LogP) is 0.451. The van der Waals surface area contributed by atoms with Crippen molar-refractivity contribution in [2.45, 2.75) is 108 Å². The molecule has 0 aliphatic carbocycles. The molecule has 0 radical (unpaired) electrons. The maximum absolute atomic E-state index is 12.9. The van der Waals surface area contributed by atoms with Gasteiger partial charge in [0, 0.05) is 45.4 Å². The molecule has 8 N–H and O–H groups in total. The van der Waals surface area contributed by atoms with Crippen molar-refractivity contribution in [1.82, 2.24) is 31.9 Å². The van der Waals surface area contributed by atoms with Gasteiger partial charge >= 0.3 is 11.9 Å². The summed E-state index contributed by atoms with van der Waals surface area (Å²) in [6.07, 6.45) is 1.55. The molecular formula is C39H70N6O14S2. The number of unbranched alkanes of at least 4 members (excludes halogenated alkanes) is 1. The number of ether oxygens (including phenoxy) is 4. The first-order valence-electron chi connectivity index (χ1n) is 20.8. The van der Waals surface area contributed by atoms with Crippen molar-refractivity contribution < 1.29 is 67.5 Å². The van der Waals surface area contributed by atoms with Crippen molar-refractivity contribution >= 4 is 70.9 Å². The van der Waals surface area contributed by atoms with E-state index in [4.69, 9.17) is 24.1 Å². The molecular weight excluding hydrogens is 841 g/mol. The Morgan fingerprint density at radius 3 is 1.46 bits per heavy atom. The third kappa shape index (κ3) is 37.8. The van der Waals surface area contributed by atoms with Gasteiger partial charge in [-0.3, -0.25) is 33.6 Å². The first-order valence-corrected chi connectivity index (χ1v) is 22.9. The largest absolute Gasteiger partial charge is 0.481 e. The number of aliphatic carboxylic acids is 2. The molecule has 352 valence electrons. The van der Waals surface area contributed by atoms with Crippen molar-refractivity contribution in [3.05, 3.63) is 0 Å². The summed E-state index contributed by atoms with van der Waals surface area (Å²) in [5.41, 5.74) is 0. The quantitative estimate of drug-likeness (QED) is 0.0388. The molecule has 0 saturated heterocycles. The van der Waals surface area contributed by atoms with Gasteiger partial charge < -0.3 is 61.1 Å². The number of hydrogen-bond acceptors (Lipinski definition) is 14. The second-order valence-corrected chi connectivity index (χ2v) is 17.2. The molecule has 0 aromatic heterocycles. The molecule has 0 saturated carbocycles. The van der Waals surface area contributed by atoms with Gasteiger partial charge in [0.25, 0.3) is 0 Å². The second-order valence-electron chi connectivity index (χ2n) is 14.1. The van der Waals surface area contributed by atoms with Gasteiger partial charge in [-0.1, -0.05) is 27.7 Å². The zero-order chi connectivity index (χ0) is 45.7. The minimum Gasteiger partial charge on any atom is -0.481 e. The van der Waals surface area contributed by atoms with Crippen molar-refractivity contribution in [2.24, 2.45) is 0 Å². The van der Waals surface area contributed by atoms with Crippen LogP contribution in [0, 0.1) is 0 Å². The lowest BCUT2D eigenvalue weighted by Gasteiger charge is -2.19. The summed E-state index contributed by atoms with van der Waals surface area (Å²) < 4.78 is 21.8. The van der Waals surface area contributed by atoms with Crippen LogP contribution in [0.15, 0.2) is 0 Å². The summed E-state index contributed by atoms with van der Waals surface area (Å²) in [4.78, 5) is 94.9. The maximum atomic E-state index is 12.9. The second kappa shape index (κ2) is 38.0. The van der Waals surface area contributed by atoms with Crippen LogP contribution in [-0.4, -0.2) is 171 Å². The van der Waals surface area contributed by atoms with Crippen molar-refractivity contribution in [1.29, 1.82) is 0 Å². The third-order valence-corrected chi connectivity index (χ3v) is 10.2.